The van der Waals surface area contributed by atoms with Crippen molar-refractivity contribution >= 4 is 11.6 Å². The first-order chi connectivity index (χ1) is 7.06. The Balaban J connectivity index is 1.94. The summed E-state index contributed by atoms with van der Waals surface area (Å²) in [4.78, 5) is 22.5. The van der Waals surface area contributed by atoms with E-state index in [-0.39, 0.29) is 11.2 Å². The van der Waals surface area contributed by atoms with Gasteiger partial charge in [0.25, 0.3) is 6.43 Å². The molecule has 2 rings (SSSR count). The van der Waals surface area contributed by atoms with Gasteiger partial charge >= 0.3 is 0 Å². The Kier molecular flexibility index (Phi) is 2.61. The van der Waals surface area contributed by atoms with Crippen molar-refractivity contribution in [3.8, 4) is 0 Å². The van der Waals surface area contributed by atoms with Crippen molar-refractivity contribution in [1.82, 2.24) is 0 Å². The van der Waals surface area contributed by atoms with Crippen LogP contribution in [-0.2, 0) is 9.59 Å². The van der Waals surface area contributed by atoms with Crippen LogP contribution in [0, 0.1) is 11.3 Å². The molecule has 84 valence electrons. The summed E-state index contributed by atoms with van der Waals surface area (Å²) in [5, 5.41) is 0. The molecule has 0 aromatic rings. The van der Waals surface area contributed by atoms with Gasteiger partial charge in [-0.1, -0.05) is 12.8 Å². The van der Waals surface area contributed by atoms with E-state index >= 15 is 0 Å². The molecule has 2 aliphatic rings. The first-order valence-electron chi connectivity index (χ1n) is 5.40. The van der Waals surface area contributed by atoms with Gasteiger partial charge in [-0.05, 0) is 25.2 Å². The summed E-state index contributed by atoms with van der Waals surface area (Å²) in [7, 11) is 0. The Morgan fingerprint density at radius 1 is 1.33 bits per heavy atom. The summed E-state index contributed by atoms with van der Waals surface area (Å²) in [6, 6.07) is 0. The highest BCUT2D eigenvalue weighted by Crippen LogP contribution is 2.62. The second-order valence-corrected chi connectivity index (χ2v) is 4.67. The van der Waals surface area contributed by atoms with E-state index in [9.17, 15) is 18.4 Å². The monoisotopic (exact) mass is 216 g/mol. The molecule has 0 amide bonds. The summed E-state index contributed by atoms with van der Waals surface area (Å²) in [6.45, 7) is 0. The molecule has 2 saturated carbocycles. The van der Waals surface area contributed by atoms with Crippen LogP contribution in [0.4, 0.5) is 8.78 Å². The zero-order valence-electron chi connectivity index (χ0n) is 8.47. The van der Waals surface area contributed by atoms with Gasteiger partial charge in [0.1, 0.15) is 5.78 Å². The van der Waals surface area contributed by atoms with Crippen LogP contribution in [0.2, 0.25) is 0 Å². The van der Waals surface area contributed by atoms with Crippen molar-refractivity contribution in [3.05, 3.63) is 0 Å². The molecule has 0 aliphatic heterocycles. The molecule has 2 fully saturated rings. The molecule has 2 atom stereocenters. The first-order valence-corrected chi connectivity index (χ1v) is 5.40. The second-order valence-electron chi connectivity index (χ2n) is 4.67. The van der Waals surface area contributed by atoms with Gasteiger partial charge in [0, 0.05) is 5.41 Å². The maximum absolute atomic E-state index is 12.0. The lowest BCUT2D eigenvalue weighted by molar-refractivity contribution is -0.136. The Morgan fingerprint density at radius 3 is 2.67 bits per heavy atom. The van der Waals surface area contributed by atoms with Crippen molar-refractivity contribution in [1.29, 1.82) is 0 Å². The van der Waals surface area contributed by atoms with Gasteiger partial charge in [-0.15, -0.1) is 0 Å². The zero-order chi connectivity index (χ0) is 11.1. The molecular formula is C11H14F2O2. The molecule has 0 saturated heterocycles. The van der Waals surface area contributed by atoms with Gasteiger partial charge in [0.05, 0.1) is 6.42 Å². The molecule has 0 N–H and O–H groups in total. The Bertz CT molecular complexity index is 301. The minimum atomic E-state index is -2.99. The highest BCUT2D eigenvalue weighted by Gasteiger charge is 2.59. The summed E-state index contributed by atoms with van der Waals surface area (Å²) < 4.78 is 24.0. The third-order valence-corrected chi connectivity index (χ3v) is 3.79. The number of ketones is 2. The van der Waals surface area contributed by atoms with Gasteiger partial charge in [0.2, 0.25) is 5.78 Å². The van der Waals surface area contributed by atoms with Crippen molar-refractivity contribution in [2.24, 2.45) is 11.3 Å². The number of hydrogen-bond donors (Lipinski definition) is 0. The van der Waals surface area contributed by atoms with Crippen LogP contribution in [0.1, 0.15) is 38.5 Å². The quantitative estimate of drug-likeness (QED) is 0.676. The van der Waals surface area contributed by atoms with Crippen molar-refractivity contribution in [2.75, 3.05) is 0 Å². The Hall–Kier alpha value is -0.800. The predicted molar refractivity (Wildman–Crippen MR) is 49.6 cm³/mol. The van der Waals surface area contributed by atoms with Gasteiger partial charge in [-0.25, -0.2) is 8.78 Å². The van der Waals surface area contributed by atoms with Crippen LogP contribution in [-0.4, -0.2) is 18.0 Å². The number of rotatable bonds is 4. The van der Waals surface area contributed by atoms with E-state index in [1.54, 1.807) is 0 Å². The average molecular weight is 216 g/mol. The summed E-state index contributed by atoms with van der Waals surface area (Å²) in [5.41, 5.74) is -0.372. The smallest absolute Gasteiger partial charge is 0.296 e. The number of Topliss-reactive ketones (excluding diaryl/α,β-unsaturated/α-hetero) is 2. The van der Waals surface area contributed by atoms with E-state index in [4.69, 9.17) is 0 Å². The van der Waals surface area contributed by atoms with E-state index < -0.39 is 18.6 Å². The fourth-order valence-corrected chi connectivity index (χ4v) is 2.79. The number of alkyl halides is 2. The number of carbonyl (C=O) groups excluding carboxylic acids is 2. The van der Waals surface area contributed by atoms with Crippen LogP contribution in [0.3, 0.4) is 0 Å². The molecule has 0 bridgehead atoms. The molecule has 0 aromatic heterocycles. The first kappa shape index (κ1) is 10.7. The van der Waals surface area contributed by atoms with E-state index in [2.05, 4.69) is 0 Å². The largest absolute Gasteiger partial charge is 0.299 e. The minimum Gasteiger partial charge on any atom is -0.299 e. The van der Waals surface area contributed by atoms with E-state index in [1.807, 2.05) is 0 Å². The van der Waals surface area contributed by atoms with Crippen LogP contribution in [0.25, 0.3) is 0 Å². The molecule has 0 radical (unpaired) electrons. The lowest BCUT2D eigenvalue weighted by Gasteiger charge is -2.20. The normalized spacial score (nSPS) is 33.7. The number of carbonyl (C=O) groups is 2. The maximum Gasteiger partial charge on any atom is 0.296 e. The third-order valence-electron chi connectivity index (χ3n) is 3.79. The number of fused-ring (bicyclic) bond motifs is 1. The average Bonchev–Trinajstić information content (AvgIpc) is 2.92. The van der Waals surface area contributed by atoms with Gasteiger partial charge in [0.15, 0.2) is 0 Å². The highest BCUT2D eigenvalue weighted by molar-refractivity contribution is 6.04. The topological polar surface area (TPSA) is 34.1 Å². The van der Waals surface area contributed by atoms with E-state index in [1.165, 1.54) is 0 Å². The van der Waals surface area contributed by atoms with Crippen LogP contribution in [0.15, 0.2) is 0 Å². The van der Waals surface area contributed by atoms with Crippen LogP contribution < -0.4 is 0 Å². The molecule has 4 heteroatoms. The predicted octanol–water partition coefficient (Wildman–Crippen LogP) is 2.36. The third kappa shape index (κ3) is 1.82. The van der Waals surface area contributed by atoms with Crippen LogP contribution in [0.5, 0.6) is 0 Å². The van der Waals surface area contributed by atoms with Crippen molar-refractivity contribution in [2.45, 2.75) is 45.0 Å². The Morgan fingerprint density at radius 2 is 2.07 bits per heavy atom. The number of halogens is 2. The molecule has 0 heterocycles. The van der Waals surface area contributed by atoms with Crippen molar-refractivity contribution in [3.63, 3.8) is 0 Å². The molecule has 15 heavy (non-hydrogen) atoms. The molecule has 2 nitrogen and oxygen atoms in total. The van der Waals surface area contributed by atoms with E-state index in [0.29, 0.717) is 5.92 Å². The van der Waals surface area contributed by atoms with Gasteiger partial charge in [-0.3, -0.25) is 9.59 Å². The molecule has 0 aromatic carbocycles. The lowest BCUT2D eigenvalue weighted by Crippen LogP contribution is -2.25. The fraction of sp³-hybridized carbons (Fsp3) is 0.818. The van der Waals surface area contributed by atoms with Gasteiger partial charge < -0.3 is 0 Å². The van der Waals surface area contributed by atoms with Crippen molar-refractivity contribution < 1.29 is 18.4 Å². The van der Waals surface area contributed by atoms with Crippen LogP contribution >= 0.6 is 0 Å². The summed E-state index contributed by atoms with van der Waals surface area (Å²) in [6.07, 6.45) is 1.21. The number of hydrogen-bond acceptors (Lipinski definition) is 2. The van der Waals surface area contributed by atoms with E-state index in [0.717, 1.165) is 32.1 Å². The molecular weight excluding hydrogens is 202 g/mol. The second kappa shape index (κ2) is 3.65. The molecule has 0 spiro atoms. The highest BCUT2D eigenvalue weighted by atomic mass is 19.3. The SMILES string of the molecule is O=C(CC(=O)C12CCCCC1C2)C(F)F. The minimum absolute atomic E-state index is 0.238. The lowest BCUT2D eigenvalue weighted by atomic mass is 9.83. The maximum atomic E-state index is 12.0. The standard InChI is InChI=1S/C11H14F2O2/c12-10(13)8(14)5-9(15)11-4-2-1-3-7(11)6-11/h7,10H,1-6H2. The summed E-state index contributed by atoms with van der Waals surface area (Å²) >= 11 is 0. The Labute approximate surface area is 87.0 Å². The molecule has 2 aliphatic carbocycles. The zero-order valence-corrected chi connectivity index (χ0v) is 8.47. The summed E-state index contributed by atoms with van der Waals surface area (Å²) in [5.74, 6) is -1.08. The van der Waals surface area contributed by atoms with Gasteiger partial charge in [-0.2, -0.15) is 0 Å². The molecule has 2 unspecified atom stereocenters. The fourth-order valence-electron chi connectivity index (χ4n) is 2.79.